The van der Waals surface area contributed by atoms with Crippen LogP contribution in [0.5, 0.6) is 5.75 Å². The fraction of sp³-hybridized carbons (Fsp3) is 0.741. The lowest BCUT2D eigenvalue weighted by Crippen LogP contribution is -2.45. The average Bonchev–Trinajstić information content (AvgIpc) is 3.09. The minimum absolute atomic E-state index is 0. The first-order valence-electron chi connectivity index (χ1n) is 11.8. The number of aryl methyl sites for hydroxylation is 1. The summed E-state index contributed by atoms with van der Waals surface area (Å²) in [5, 5.41) is 0. The van der Waals surface area contributed by atoms with Crippen LogP contribution in [0.4, 0.5) is 0 Å². The molecule has 6 unspecified atom stereocenters. The van der Waals surface area contributed by atoms with Gasteiger partial charge in [-0.25, -0.2) is 0 Å². The number of esters is 1. The first-order chi connectivity index (χ1) is 14.5. The van der Waals surface area contributed by atoms with E-state index in [1.165, 1.54) is 37.5 Å². The molecule has 0 spiro atoms. The molecule has 2 fully saturated rings. The summed E-state index contributed by atoms with van der Waals surface area (Å²) in [7, 11) is 5.10. The van der Waals surface area contributed by atoms with Crippen LogP contribution in [-0.4, -0.2) is 33.4 Å². The van der Waals surface area contributed by atoms with Gasteiger partial charge in [-0.05, 0) is 90.9 Å². The van der Waals surface area contributed by atoms with Crippen LogP contribution >= 0.6 is 0 Å². The highest BCUT2D eigenvalue weighted by Gasteiger charge is 2.58. The van der Waals surface area contributed by atoms with Gasteiger partial charge in [0.1, 0.15) is 5.75 Å². The van der Waals surface area contributed by atoms with Crippen molar-refractivity contribution in [2.24, 2.45) is 23.2 Å². The molecule has 0 heterocycles. The quantitative estimate of drug-likeness (QED) is 0.504. The van der Waals surface area contributed by atoms with Crippen LogP contribution in [0.1, 0.15) is 83.8 Å². The summed E-state index contributed by atoms with van der Waals surface area (Å²) in [5.41, 5.74) is 3.23. The summed E-state index contributed by atoms with van der Waals surface area (Å²) in [6.45, 7) is 6.45. The van der Waals surface area contributed by atoms with Crippen molar-refractivity contribution in [1.29, 1.82) is 0 Å². The van der Waals surface area contributed by atoms with Gasteiger partial charge in [0, 0.05) is 13.5 Å². The van der Waals surface area contributed by atoms with Gasteiger partial charge in [-0.1, -0.05) is 34.3 Å². The van der Waals surface area contributed by atoms with E-state index < -0.39 is 0 Å². The van der Waals surface area contributed by atoms with E-state index in [1.54, 1.807) is 7.11 Å². The van der Waals surface area contributed by atoms with E-state index in [2.05, 4.69) is 25.1 Å². The normalized spacial score (nSPS) is 32.9. The van der Waals surface area contributed by atoms with Gasteiger partial charge < -0.3 is 14.2 Å². The molecule has 0 N–H and O–H groups in total. The Morgan fingerprint density at radius 3 is 2.55 bits per heavy atom. The van der Waals surface area contributed by atoms with E-state index in [0.717, 1.165) is 25.0 Å². The number of carbonyl (C=O) groups excluding carboxylic acids is 1. The Morgan fingerprint density at radius 1 is 1.16 bits per heavy atom. The number of hydrogen-bond donors (Lipinski definition) is 0. The van der Waals surface area contributed by atoms with Crippen LogP contribution in [0.25, 0.3) is 0 Å². The zero-order valence-corrected chi connectivity index (χ0v) is 19.7. The fourth-order valence-electron chi connectivity index (χ4n) is 6.99. The number of fused-ring (bicyclic) bond motifs is 5. The van der Waals surface area contributed by atoms with Gasteiger partial charge in [0.05, 0.1) is 20.3 Å². The summed E-state index contributed by atoms with van der Waals surface area (Å²) in [6, 6.07) is 6.66. The molecular weight excluding hydrogens is 388 g/mol. The Labute approximate surface area is 190 Å². The zero-order valence-electron chi connectivity index (χ0n) is 19.7. The van der Waals surface area contributed by atoms with Crippen molar-refractivity contribution in [3.63, 3.8) is 0 Å². The number of rotatable bonds is 5. The number of ether oxygens (including phenoxy) is 3. The predicted molar refractivity (Wildman–Crippen MR) is 127 cm³/mol. The van der Waals surface area contributed by atoms with Crippen LogP contribution < -0.4 is 4.74 Å². The maximum absolute atomic E-state index is 11.8. The molecule has 0 aromatic heterocycles. The lowest BCUT2D eigenvalue weighted by Gasteiger charge is -2.52. The third-order valence-corrected chi connectivity index (χ3v) is 8.22. The Hall–Kier alpha value is -1.55. The molecule has 1 aromatic rings. The molecule has 0 amide bonds. The predicted octanol–water partition coefficient (Wildman–Crippen LogP) is 6.41. The number of hydrogen-bond acceptors (Lipinski definition) is 4. The second-order valence-electron chi connectivity index (χ2n) is 9.28. The maximum atomic E-state index is 11.8. The molecule has 4 nitrogen and oxygen atoms in total. The van der Waals surface area contributed by atoms with Gasteiger partial charge >= 0.3 is 5.97 Å². The van der Waals surface area contributed by atoms with Crippen molar-refractivity contribution in [1.82, 2.24) is 0 Å². The summed E-state index contributed by atoms with van der Waals surface area (Å²) >= 11 is 0. The Bertz CT molecular complexity index is 730. The second kappa shape index (κ2) is 10.8. The third-order valence-electron chi connectivity index (χ3n) is 8.22. The van der Waals surface area contributed by atoms with Gasteiger partial charge in [0.25, 0.3) is 0 Å². The summed E-state index contributed by atoms with van der Waals surface area (Å²) in [5.74, 6) is 3.36. The molecule has 3 aliphatic carbocycles. The van der Waals surface area contributed by atoms with E-state index in [-0.39, 0.29) is 18.8 Å². The maximum Gasteiger partial charge on any atom is 0.305 e. The van der Waals surface area contributed by atoms with Crippen molar-refractivity contribution in [2.75, 3.05) is 21.3 Å². The van der Waals surface area contributed by atoms with E-state index in [1.807, 2.05) is 21.0 Å². The van der Waals surface area contributed by atoms with Crippen LogP contribution in [0.3, 0.4) is 0 Å². The van der Waals surface area contributed by atoms with Gasteiger partial charge in [-0.15, -0.1) is 0 Å². The molecule has 0 saturated heterocycles. The molecule has 4 heteroatoms. The molecule has 3 aliphatic rings. The molecule has 0 radical (unpaired) electrons. The van der Waals surface area contributed by atoms with Crippen LogP contribution in [0, 0.1) is 23.2 Å². The van der Waals surface area contributed by atoms with Crippen molar-refractivity contribution in [3.8, 4) is 5.75 Å². The second-order valence-corrected chi connectivity index (χ2v) is 9.28. The summed E-state index contributed by atoms with van der Waals surface area (Å²) in [6.07, 6.45) is 7.63. The highest BCUT2D eigenvalue weighted by atomic mass is 16.5. The van der Waals surface area contributed by atoms with Crippen molar-refractivity contribution in [2.45, 2.75) is 85.2 Å². The first kappa shape index (κ1) is 25.7. The van der Waals surface area contributed by atoms with E-state index >= 15 is 0 Å². The number of benzene rings is 1. The van der Waals surface area contributed by atoms with Crippen LogP contribution in [0.15, 0.2) is 18.2 Å². The molecule has 2 saturated carbocycles. The number of carbonyl (C=O) groups is 1. The molecule has 1 aromatic carbocycles. The smallest absolute Gasteiger partial charge is 0.305 e. The average molecular weight is 433 g/mol. The van der Waals surface area contributed by atoms with E-state index in [0.29, 0.717) is 36.2 Å². The standard InChI is InChI=1S/C24H34O4.C2H6.CH4/c1-24-12-11-19-18-9-7-17(26-2)13-15(18)5-8-20(19)23(24)16(14-21(24)27-3)6-10-22(25)28-4;1-2;/h7,9,13,16,19-21,23H,5-6,8,10-12,14H2,1-4H3;1-2H3;1H4. The monoisotopic (exact) mass is 432 g/mol. The number of methoxy groups -OCH3 is 3. The zero-order chi connectivity index (χ0) is 21.9. The van der Waals surface area contributed by atoms with Crippen LogP contribution in [-0.2, 0) is 20.7 Å². The Balaban J connectivity index is 0.00000111. The Kier molecular flexibility index (Phi) is 9.00. The van der Waals surface area contributed by atoms with Crippen LogP contribution in [0.2, 0.25) is 0 Å². The van der Waals surface area contributed by atoms with Gasteiger partial charge in [0.15, 0.2) is 0 Å². The van der Waals surface area contributed by atoms with E-state index in [4.69, 9.17) is 14.2 Å². The fourth-order valence-corrected chi connectivity index (χ4v) is 6.99. The molecule has 0 aliphatic heterocycles. The third kappa shape index (κ3) is 4.65. The lowest BCUT2D eigenvalue weighted by atomic mass is 9.53. The lowest BCUT2D eigenvalue weighted by molar-refractivity contribution is -0.141. The molecule has 0 bridgehead atoms. The summed E-state index contributed by atoms with van der Waals surface area (Å²) in [4.78, 5) is 11.8. The summed E-state index contributed by atoms with van der Waals surface area (Å²) < 4.78 is 16.4. The molecule has 176 valence electrons. The van der Waals surface area contributed by atoms with Gasteiger partial charge in [-0.2, -0.15) is 0 Å². The van der Waals surface area contributed by atoms with E-state index in [9.17, 15) is 4.79 Å². The topological polar surface area (TPSA) is 44.8 Å². The van der Waals surface area contributed by atoms with Crippen molar-refractivity contribution < 1.29 is 19.0 Å². The highest BCUT2D eigenvalue weighted by molar-refractivity contribution is 5.69. The molecule has 31 heavy (non-hydrogen) atoms. The first-order valence-corrected chi connectivity index (χ1v) is 11.8. The minimum Gasteiger partial charge on any atom is -0.497 e. The minimum atomic E-state index is -0.0870. The highest BCUT2D eigenvalue weighted by Crippen LogP contribution is 2.64. The van der Waals surface area contributed by atoms with Gasteiger partial charge in [0.2, 0.25) is 0 Å². The van der Waals surface area contributed by atoms with Gasteiger partial charge in [-0.3, -0.25) is 4.79 Å². The molecule has 4 rings (SSSR count). The van der Waals surface area contributed by atoms with Crippen molar-refractivity contribution in [3.05, 3.63) is 29.3 Å². The SMILES string of the molecule is C.CC.COC(=O)CCC1CC(OC)C2(C)CCC3c4ccc(OC)cc4CCC3C12. The Morgan fingerprint density at radius 2 is 1.90 bits per heavy atom. The largest absolute Gasteiger partial charge is 0.497 e. The molecule has 6 atom stereocenters. The molecular formula is C27H44O4. The van der Waals surface area contributed by atoms with Crippen molar-refractivity contribution >= 4 is 5.97 Å².